The van der Waals surface area contributed by atoms with Crippen molar-refractivity contribution in [2.24, 2.45) is 0 Å². The number of hydrogen-bond acceptors (Lipinski definition) is 3. The first-order chi connectivity index (χ1) is 10.3. The van der Waals surface area contributed by atoms with Gasteiger partial charge in [0.2, 0.25) is 0 Å². The van der Waals surface area contributed by atoms with Crippen molar-refractivity contribution in [3.8, 4) is 11.8 Å². The predicted molar refractivity (Wildman–Crippen MR) is 90.9 cm³/mol. The number of benzene rings is 1. The van der Waals surface area contributed by atoms with Gasteiger partial charge in [0, 0.05) is 4.90 Å². The maximum atomic E-state index is 8.71. The minimum atomic E-state index is -0.392. The van der Waals surface area contributed by atoms with Gasteiger partial charge in [0.1, 0.15) is 11.8 Å². The van der Waals surface area contributed by atoms with Crippen LogP contribution in [0.4, 0.5) is 0 Å². The summed E-state index contributed by atoms with van der Waals surface area (Å²) in [7, 11) is 0. The standard InChI is InChI=1S/C18H27NOS/c1-3-4-5-6-7-8-9-14-21-18-12-10-17(11-13-18)20-16(2)15-19/h10-13,16H,3-9,14H2,1-2H3/t16-/m1/s1. The highest BCUT2D eigenvalue weighted by molar-refractivity contribution is 7.99. The van der Waals surface area contributed by atoms with Crippen molar-refractivity contribution in [3.63, 3.8) is 0 Å². The molecular weight excluding hydrogens is 278 g/mol. The molecule has 0 saturated heterocycles. The molecule has 116 valence electrons. The Morgan fingerprint density at radius 2 is 1.67 bits per heavy atom. The normalized spacial score (nSPS) is 11.9. The number of ether oxygens (including phenoxy) is 1. The van der Waals surface area contributed by atoms with Gasteiger partial charge in [0.15, 0.2) is 6.10 Å². The molecule has 0 bridgehead atoms. The molecule has 1 aromatic rings. The maximum Gasteiger partial charge on any atom is 0.181 e. The molecular formula is C18H27NOS. The van der Waals surface area contributed by atoms with Crippen molar-refractivity contribution >= 4 is 11.8 Å². The molecule has 1 atom stereocenters. The Balaban J connectivity index is 2.11. The molecule has 0 saturated carbocycles. The molecule has 1 aromatic carbocycles. The van der Waals surface area contributed by atoms with Gasteiger partial charge < -0.3 is 4.74 Å². The van der Waals surface area contributed by atoms with Crippen molar-refractivity contribution in [2.75, 3.05) is 5.75 Å². The van der Waals surface area contributed by atoms with E-state index in [9.17, 15) is 0 Å². The average Bonchev–Trinajstić information content (AvgIpc) is 2.51. The third-order valence-electron chi connectivity index (χ3n) is 3.34. The summed E-state index contributed by atoms with van der Waals surface area (Å²) in [6.07, 6.45) is 9.11. The molecule has 0 unspecified atom stereocenters. The van der Waals surface area contributed by atoms with E-state index >= 15 is 0 Å². The van der Waals surface area contributed by atoms with Gasteiger partial charge in [-0.15, -0.1) is 11.8 Å². The van der Waals surface area contributed by atoms with Crippen LogP contribution in [0.1, 0.15) is 58.8 Å². The van der Waals surface area contributed by atoms with Crippen LogP contribution >= 0.6 is 11.8 Å². The zero-order valence-corrected chi connectivity index (χ0v) is 14.1. The fraction of sp³-hybridized carbons (Fsp3) is 0.611. The van der Waals surface area contributed by atoms with Crippen LogP contribution in [0.2, 0.25) is 0 Å². The summed E-state index contributed by atoms with van der Waals surface area (Å²) < 4.78 is 5.44. The lowest BCUT2D eigenvalue weighted by Crippen LogP contribution is -2.07. The first-order valence-electron chi connectivity index (χ1n) is 8.05. The molecule has 3 heteroatoms. The van der Waals surface area contributed by atoms with Crippen LogP contribution in [-0.2, 0) is 0 Å². The van der Waals surface area contributed by atoms with Gasteiger partial charge in [-0.3, -0.25) is 0 Å². The molecule has 0 fully saturated rings. The molecule has 21 heavy (non-hydrogen) atoms. The molecule has 0 spiro atoms. The van der Waals surface area contributed by atoms with E-state index in [2.05, 4.69) is 25.1 Å². The number of nitriles is 1. The van der Waals surface area contributed by atoms with E-state index in [1.807, 2.05) is 23.9 Å². The molecule has 0 amide bonds. The molecule has 0 aromatic heterocycles. The minimum absolute atomic E-state index is 0.392. The Bertz CT molecular complexity index is 410. The Morgan fingerprint density at radius 3 is 2.29 bits per heavy atom. The third kappa shape index (κ3) is 8.67. The zero-order chi connectivity index (χ0) is 15.3. The topological polar surface area (TPSA) is 33.0 Å². The molecule has 0 aliphatic carbocycles. The molecule has 2 nitrogen and oxygen atoms in total. The van der Waals surface area contributed by atoms with Crippen LogP contribution < -0.4 is 4.74 Å². The van der Waals surface area contributed by atoms with E-state index in [-0.39, 0.29) is 0 Å². The number of unbranched alkanes of at least 4 members (excludes halogenated alkanes) is 6. The maximum absolute atomic E-state index is 8.71. The van der Waals surface area contributed by atoms with Crippen LogP contribution in [-0.4, -0.2) is 11.9 Å². The van der Waals surface area contributed by atoms with E-state index in [1.54, 1.807) is 6.92 Å². The van der Waals surface area contributed by atoms with Crippen molar-refractivity contribution < 1.29 is 4.74 Å². The highest BCUT2D eigenvalue weighted by Crippen LogP contribution is 2.23. The summed E-state index contributed by atoms with van der Waals surface area (Å²) in [5, 5.41) is 8.71. The highest BCUT2D eigenvalue weighted by atomic mass is 32.2. The molecule has 1 rings (SSSR count). The monoisotopic (exact) mass is 305 g/mol. The molecule has 0 heterocycles. The van der Waals surface area contributed by atoms with Gasteiger partial charge in [-0.2, -0.15) is 5.26 Å². The summed E-state index contributed by atoms with van der Waals surface area (Å²) >= 11 is 1.90. The second kappa shape index (κ2) is 11.5. The third-order valence-corrected chi connectivity index (χ3v) is 4.43. The highest BCUT2D eigenvalue weighted by Gasteiger charge is 2.01. The number of nitrogens with zero attached hydrogens (tertiary/aromatic N) is 1. The van der Waals surface area contributed by atoms with Gasteiger partial charge >= 0.3 is 0 Å². The minimum Gasteiger partial charge on any atom is -0.476 e. The fourth-order valence-corrected chi connectivity index (χ4v) is 3.01. The van der Waals surface area contributed by atoms with Gasteiger partial charge in [-0.1, -0.05) is 45.4 Å². The fourth-order valence-electron chi connectivity index (χ4n) is 2.09. The van der Waals surface area contributed by atoms with Crippen LogP contribution in [0.3, 0.4) is 0 Å². The first-order valence-corrected chi connectivity index (χ1v) is 9.04. The largest absolute Gasteiger partial charge is 0.476 e. The predicted octanol–water partition coefficient (Wildman–Crippen LogP) is 5.82. The summed E-state index contributed by atoms with van der Waals surface area (Å²) in [5.41, 5.74) is 0. The summed E-state index contributed by atoms with van der Waals surface area (Å²) in [4.78, 5) is 1.28. The number of rotatable bonds is 11. The average molecular weight is 305 g/mol. The zero-order valence-electron chi connectivity index (χ0n) is 13.3. The van der Waals surface area contributed by atoms with Gasteiger partial charge in [-0.05, 0) is 43.4 Å². The Morgan fingerprint density at radius 1 is 1.05 bits per heavy atom. The lowest BCUT2D eigenvalue weighted by molar-refractivity contribution is 0.276. The second-order valence-electron chi connectivity index (χ2n) is 5.33. The quantitative estimate of drug-likeness (QED) is 0.381. The summed E-state index contributed by atoms with van der Waals surface area (Å²) in [5.74, 6) is 1.95. The number of thioether (sulfide) groups is 1. The van der Waals surface area contributed by atoms with E-state index in [0.717, 1.165) is 5.75 Å². The Hall–Kier alpha value is -1.14. The molecule has 0 N–H and O–H groups in total. The van der Waals surface area contributed by atoms with E-state index in [1.165, 1.54) is 55.6 Å². The lowest BCUT2D eigenvalue weighted by Gasteiger charge is -2.08. The SMILES string of the molecule is CCCCCCCCCSc1ccc(O[C@H](C)C#N)cc1. The van der Waals surface area contributed by atoms with Crippen LogP contribution in [0.15, 0.2) is 29.2 Å². The molecule has 0 aliphatic heterocycles. The second-order valence-corrected chi connectivity index (χ2v) is 6.50. The van der Waals surface area contributed by atoms with E-state index in [0.29, 0.717) is 0 Å². The first kappa shape index (κ1) is 17.9. The van der Waals surface area contributed by atoms with Crippen LogP contribution in [0.25, 0.3) is 0 Å². The van der Waals surface area contributed by atoms with Crippen molar-refractivity contribution in [2.45, 2.75) is 69.8 Å². The smallest absolute Gasteiger partial charge is 0.181 e. The van der Waals surface area contributed by atoms with E-state index in [4.69, 9.17) is 10.00 Å². The summed E-state index contributed by atoms with van der Waals surface area (Å²) in [6.45, 7) is 4.01. The summed E-state index contributed by atoms with van der Waals surface area (Å²) in [6, 6.07) is 10.1. The number of hydrogen-bond donors (Lipinski definition) is 0. The van der Waals surface area contributed by atoms with Gasteiger partial charge in [0.05, 0.1) is 0 Å². The van der Waals surface area contributed by atoms with Gasteiger partial charge in [-0.25, -0.2) is 0 Å². The Labute approximate surface area is 133 Å². The van der Waals surface area contributed by atoms with Crippen LogP contribution in [0.5, 0.6) is 5.75 Å². The Kier molecular flexibility index (Phi) is 9.82. The van der Waals surface area contributed by atoms with Crippen molar-refractivity contribution in [3.05, 3.63) is 24.3 Å². The van der Waals surface area contributed by atoms with Crippen molar-refractivity contribution in [1.29, 1.82) is 5.26 Å². The lowest BCUT2D eigenvalue weighted by atomic mass is 10.1. The van der Waals surface area contributed by atoms with Crippen molar-refractivity contribution in [1.82, 2.24) is 0 Å². The van der Waals surface area contributed by atoms with E-state index < -0.39 is 6.10 Å². The van der Waals surface area contributed by atoms with Gasteiger partial charge in [0.25, 0.3) is 0 Å². The molecule has 0 radical (unpaired) electrons. The van der Waals surface area contributed by atoms with Crippen LogP contribution in [0, 0.1) is 11.3 Å². The molecule has 0 aliphatic rings.